The van der Waals surface area contributed by atoms with E-state index in [0.717, 1.165) is 22.1 Å². The smallest absolute Gasteiger partial charge is 0.143 e. The molecule has 1 heterocycles. The van der Waals surface area contributed by atoms with Gasteiger partial charge in [0.15, 0.2) is 0 Å². The third-order valence-electron chi connectivity index (χ3n) is 14.8. The van der Waals surface area contributed by atoms with Crippen LogP contribution in [0.15, 0.2) is 192 Å². The summed E-state index contributed by atoms with van der Waals surface area (Å²) in [7, 11) is 0. The Labute approximate surface area is 361 Å². The van der Waals surface area contributed by atoms with Gasteiger partial charge in [0.1, 0.15) is 11.2 Å². The monoisotopic (exact) mass is 792 g/mol. The van der Waals surface area contributed by atoms with Crippen LogP contribution < -0.4 is 0 Å². The van der Waals surface area contributed by atoms with Crippen LogP contribution in [0.3, 0.4) is 0 Å². The van der Waals surface area contributed by atoms with Crippen molar-refractivity contribution >= 4 is 54.3 Å². The third-order valence-corrected chi connectivity index (χ3v) is 14.8. The first-order chi connectivity index (χ1) is 30.3. The van der Waals surface area contributed by atoms with Gasteiger partial charge in [-0.1, -0.05) is 191 Å². The van der Waals surface area contributed by atoms with Gasteiger partial charge in [0.25, 0.3) is 0 Å². The molecule has 11 aromatic rings. The lowest BCUT2D eigenvalue weighted by molar-refractivity contribution is 0.659. The van der Waals surface area contributed by atoms with Crippen molar-refractivity contribution in [2.24, 2.45) is 0 Å². The molecule has 1 atom stereocenters. The quantitative estimate of drug-likeness (QED) is 0.128. The second-order valence-electron chi connectivity index (χ2n) is 18.7. The van der Waals surface area contributed by atoms with E-state index in [4.69, 9.17) is 4.42 Å². The topological polar surface area (TPSA) is 13.1 Å². The van der Waals surface area contributed by atoms with Crippen molar-refractivity contribution in [2.75, 3.05) is 0 Å². The molecule has 10 aromatic carbocycles. The second kappa shape index (κ2) is 12.7. The van der Waals surface area contributed by atoms with E-state index in [9.17, 15) is 0 Å². The Morgan fingerprint density at radius 1 is 0.387 bits per heavy atom. The first-order valence-electron chi connectivity index (χ1n) is 22.0. The number of fused-ring (bicyclic) bond motifs is 13. The van der Waals surface area contributed by atoms with Crippen molar-refractivity contribution in [2.45, 2.75) is 44.4 Å². The molecule has 294 valence electrons. The molecule has 0 radical (unpaired) electrons. The van der Waals surface area contributed by atoms with E-state index in [1.807, 2.05) is 0 Å². The molecule has 0 saturated heterocycles. The summed E-state index contributed by atoms with van der Waals surface area (Å²) in [4.78, 5) is 0. The summed E-state index contributed by atoms with van der Waals surface area (Å²) in [6.45, 7) is 9.50. The van der Waals surface area contributed by atoms with Crippen LogP contribution in [0, 0.1) is 0 Å². The number of hydrogen-bond donors (Lipinski definition) is 0. The van der Waals surface area contributed by atoms with Crippen LogP contribution in [-0.2, 0) is 10.8 Å². The summed E-state index contributed by atoms with van der Waals surface area (Å²) < 4.78 is 7.25. The summed E-state index contributed by atoms with van der Waals surface area (Å²) in [6.07, 6.45) is 0. The zero-order chi connectivity index (χ0) is 41.5. The third kappa shape index (κ3) is 4.80. The predicted octanol–water partition coefficient (Wildman–Crippen LogP) is 16.5. The van der Waals surface area contributed by atoms with Gasteiger partial charge in [0, 0.05) is 33.1 Å². The summed E-state index contributed by atoms with van der Waals surface area (Å²) in [6, 6.07) is 70.6. The van der Waals surface area contributed by atoms with E-state index in [2.05, 4.69) is 216 Å². The molecular weight excluding hydrogens is 749 g/mol. The highest BCUT2D eigenvalue weighted by Gasteiger charge is 2.38. The number of benzene rings is 10. The van der Waals surface area contributed by atoms with Gasteiger partial charge in [-0.25, -0.2) is 0 Å². The number of furan rings is 1. The highest BCUT2D eigenvalue weighted by molar-refractivity contribution is 6.20. The van der Waals surface area contributed by atoms with Crippen molar-refractivity contribution < 1.29 is 4.42 Å². The molecule has 0 aliphatic heterocycles. The van der Waals surface area contributed by atoms with Crippen molar-refractivity contribution in [3.05, 3.63) is 227 Å². The standard InChI is InChI=1S/C61H44O/c1-60(2)51-25-13-11-22-44(51)46-30-28-38(34-53(46)60)56(49-32-36-16-5-7-18-40(36)42-20-9-10-21-43(42)49)48-24-15-27-55-58(48)50-33-37-17-6-8-19-41(37)57(59(50)62-55)39-29-31-47-45-23-12-14-26-52(45)61(3,4)54(47)35-39/h5-35,56H,1-4H3. The summed E-state index contributed by atoms with van der Waals surface area (Å²) >= 11 is 0. The molecule has 0 spiro atoms. The molecule has 1 nitrogen and oxygen atoms in total. The van der Waals surface area contributed by atoms with E-state index in [1.54, 1.807) is 0 Å². The highest BCUT2D eigenvalue weighted by Crippen LogP contribution is 2.54. The SMILES string of the molecule is CC1(C)c2ccccc2-c2ccc(-c3c4ccccc4cc4c3oc3cccc(C(c5ccc6c(c5)C(C)(C)c5ccccc5-6)c5cc6ccccc6c6ccccc56)c34)cc21. The van der Waals surface area contributed by atoms with E-state index in [0.29, 0.717) is 0 Å². The Morgan fingerprint density at radius 3 is 1.68 bits per heavy atom. The Hall–Kier alpha value is -7.22. The lowest BCUT2D eigenvalue weighted by atomic mass is 9.77. The Kier molecular flexibility index (Phi) is 7.26. The van der Waals surface area contributed by atoms with Crippen molar-refractivity contribution in [3.63, 3.8) is 0 Å². The molecule has 2 aliphatic carbocycles. The fourth-order valence-corrected chi connectivity index (χ4v) is 11.8. The van der Waals surface area contributed by atoms with Crippen LogP contribution >= 0.6 is 0 Å². The number of rotatable bonds is 4. The Morgan fingerprint density at radius 2 is 0.952 bits per heavy atom. The van der Waals surface area contributed by atoms with Gasteiger partial charge in [-0.15, -0.1) is 0 Å². The molecule has 13 rings (SSSR count). The maximum Gasteiger partial charge on any atom is 0.143 e. The van der Waals surface area contributed by atoms with E-state index >= 15 is 0 Å². The van der Waals surface area contributed by atoms with Crippen molar-refractivity contribution in [3.8, 4) is 33.4 Å². The van der Waals surface area contributed by atoms with Crippen LogP contribution in [-0.4, -0.2) is 0 Å². The first-order valence-corrected chi connectivity index (χ1v) is 22.0. The van der Waals surface area contributed by atoms with E-state index in [-0.39, 0.29) is 16.7 Å². The average molecular weight is 793 g/mol. The fraction of sp³-hybridized carbons (Fsp3) is 0.115. The minimum Gasteiger partial charge on any atom is -0.455 e. The summed E-state index contributed by atoms with van der Waals surface area (Å²) in [5, 5.41) is 9.81. The second-order valence-corrected chi connectivity index (χ2v) is 18.7. The molecule has 0 saturated carbocycles. The van der Waals surface area contributed by atoms with Crippen LogP contribution in [0.5, 0.6) is 0 Å². The average Bonchev–Trinajstić information content (AvgIpc) is 3.88. The fourth-order valence-electron chi connectivity index (χ4n) is 11.8. The molecule has 1 heteroatoms. The zero-order valence-corrected chi connectivity index (χ0v) is 35.4. The molecule has 0 N–H and O–H groups in total. The largest absolute Gasteiger partial charge is 0.455 e. The van der Waals surface area contributed by atoms with Crippen molar-refractivity contribution in [1.82, 2.24) is 0 Å². The van der Waals surface area contributed by atoms with Gasteiger partial charge in [-0.2, -0.15) is 0 Å². The zero-order valence-electron chi connectivity index (χ0n) is 35.4. The van der Waals surface area contributed by atoms with E-state index < -0.39 is 0 Å². The van der Waals surface area contributed by atoms with Crippen LogP contribution in [0.2, 0.25) is 0 Å². The van der Waals surface area contributed by atoms with Crippen LogP contribution in [0.25, 0.3) is 87.6 Å². The maximum atomic E-state index is 7.25. The molecule has 0 fully saturated rings. The predicted molar refractivity (Wildman–Crippen MR) is 261 cm³/mol. The van der Waals surface area contributed by atoms with Gasteiger partial charge in [-0.05, 0) is 123 Å². The molecule has 0 amide bonds. The lowest BCUT2D eigenvalue weighted by Crippen LogP contribution is -2.16. The summed E-state index contributed by atoms with van der Waals surface area (Å²) in [5.74, 6) is -0.0898. The minimum atomic E-state index is -0.133. The molecule has 1 aromatic heterocycles. The van der Waals surface area contributed by atoms with Crippen molar-refractivity contribution in [1.29, 1.82) is 0 Å². The van der Waals surface area contributed by atoms with Gasteiger partial charge in [-0.3, -0.25) is 0 Å². The highest BCUT2D eigenvalue weighted by atomic mass is 16.3. The Bertz CT molecular complexity index is 3700. The molecule has 1 unspecified atom stereocenters. The van der Waals surface area contributed by atoms with Gasteiger partial charge >= 0.3 is 0 Å². The van der Waals surface area contributed by atoms with Crippen LogP contribution in [0.1, 0.15) is 72.6 Å². The molecular formula is C61H44O. The number of hydrogen-bond acceptors (Lipinski definition) is 1. The molecule has 2 aliphatic rings. The molecule has 0 bridgehead atoms. The normalized spacial score (nSPS) is 15.0. The molecule has 62 heavy (non-hydrogen) atoms. The Balaban J connectivity index is 1.11. The van der Waals surface area contributed by atoms with Gasteiger partial charge < -0.3 is 4.42 Å². The van der Waals surface area contributed by atoms with E-state index in [1.165, 1.54) is 104 Å². The minimum absolute atomic E-state index is 0.0898. The lowest BCUT2D eigenvalue weighted by Gasteiger charge is -2.26. The summed E-state index contributed by atoms with van der Waals surface area (Å²) in [5.41, 5.74) is 18.6. The van der Waals surface area contributed by atoms with Gasteiger partial charge in [0.2, 0.25) is 0 Å². The maximum absolute atomic E-state index is 7.25. The first kappa shape index (κ1) is 35.5. The van der Waals surface area contributed by atoms with Gasteiger partial charge in [0.05, 0.1) is 0 Å². The van der Waals surface area contributed by atoms with Crippen LogP contribution in [0.4, 0.5) is 0 Å².